The number of hydrogen-bond donors (Lipinski definition) is 0. The monoisotopic (exact) mass is 329 g/mol. The Bertz CT molecular complexity index is 662. The molecule has 0 amide bonds. The Balaban J connectivity index is 2.03. The molecule has 1 aliphatic heterocycles. The van der Waals surface area contributed by atoms with Crippen molar-refractivity contribution in [3.63, 3.8) is 0 Å². The summed E-state index contributed by atoms with van der Waals surface area (Å²) in [6, 6.07) is 16.6. The molecule has 0 radical (unpaired) electrons. The van der Waals surface area contributed by atoms with Gasteiger partial charge in [0.2, 0.25) is 0 Å². The number of aryl methyl sites for hydroxylation is 1. The van der Waals surface area contributed by atoms with E-state index in [-0.39, 0.29) is 20.6 Å². The zero-order chi connectivity index (χ0) is 14.0. The first kappa shape index (κ1) is 13.2. The standard InChI is InChI=1S/C17H15NOSe/c1-13-6-5-7-14-10-17(11-20-12-18,19-16(13)14)15-8-3-2-4-9-15/h2-9H,10-11H2,1H3/t17-/m1/s1. The van der Waals surface area contributed by atoms with Gasteiger partial charge in [-0.3, -0.25) is 0 Å². The fraction of sp³-hybridized carbons (Fsp3) is 0.235. The van der Waals surface area contributed by atoms with Gasteiger partial charge in [-0.25, -0.2) is 0 Å². The quantitative estimate of drug-likeness (QED) is 0.809. The van der Waals surface area contributed by atoms with E-state index in [2.05, 4.69) is 42.2 Å². The van der Waals surface area contributed by atoms with Crippen LogP contribution >= 0.6 is 0 Å². The van der Waals surface area contributed by atoms with Crippen molar-refractivity contribution in [2.75, 3.05) is 0 Å². The Morgan fingerprint density at radius 2 is 2.00 bits per heavy atom. The van der Waals surface area contributed by atoms with Crippen molar-refractivity contribution in [3.05, 3.63) is 65.2 Å². The van der Waals surface area contributed by atoms with Crippen LogP contribution < -0.4 is 4.74 Å². The topological polar surface area (TPSA) is 33.0 Å². The molecule has 1 aliphatic rings. The van der Waals surface area contributed by atoms with Crippen LogP contribution in [0.15, 0.2) is 48.5 Å². The predicted octanol–water partition coefficient (Wildman–Crippen LogP) is 3.43. The minimum absolute atomic E-state index is 0.0637. The van der Waals surface area contributed by atoms with Gasteiger partial charge in [0.05, 0.1) is 0 Å². The van der Waals surface area contributed by atoms with E-state index in [4.69, 9.17) is 10.00 Å². The van der Waals surface area contributed by atoms with Crippen molar-refractivity contribution in [2.45, 2.75) is 24.3 Å². The molecule has 0 fully saturated rings. The molecule has 3 heteroatoms. The third-order valence-corrected chi connectivity index (χ3v) is 5.29. The third kappa shape index (κ3) is 2.22. The Labute approximate surface area is 125 Å². The molecule has 1 heterocycles. The van der Waals surface area contributed by atoms with Crippen LogP contribution in [0.3, 0.4) is 0 Å². The molecule has 0 aromatic heterocycles. The Kier molecular flexibility index (Phi) is 3.53. The molecule has 2 nitrogen and oxygen atoms in total. The zero-order valence-corrected chi connectivity index (χ0v) is 13.0. The molecule has 20 heavy (non-hydrogen) atoms. The molecule has 100 valence electrons. The van der Waals surface area contributed by atoms with E-state index in [0.29, 0.717) is 0 Å². The maximum atomic E-state index is 8.98. The number of ether oxygens (including phenoxy) is 1. The molecule has 0 saturated carbocycles. The van der Waals surface area contributed by atoms with Crippen molar-refractivity contribution >= 4 is 15.0 Å². The van der Waals surface area contributed by atoms with Gasteiger partial charge in [-0.15, -0.1) is 0 Å². The van der Waals surface area contributed by atoms with E-state index in [9.17, 15) is 0 Å². The summed E-state index contributed by atoms with van der Waals surface area (Å²) in [7, 11) is 0. The predicted molar refractivity (Wildman–Crippen MR) is 79.8 cm³/mol. The van der Waals surface area contributed by atoms with Crippen molar-refractivity contribution in [1.82, 2.24) is 0 Å². The number of nitriles is 1. The number of benzene rings is 2. The summed E-state index contributed by atoms with van der Waals surface area (Å²) >= 11 is -0.0637. The van der Waals surface area contributed by atoms with Gasteiger partial charge in [0.1, 0.15) is 0 Å². The third-order valence-electron chi connectivity index (χ3n) is 3.74. The second-order valence-electron chi connectivity index (χ2n) is 5.08. The summed E-state index contributed by atoms with van der Waals surface area (Å²) in [5, 5.41) is 9.77. The minimum atomic E-state index is -0.356. The molecule has 2 aromatic carbocycles. The maximum absolute atomic E-state index is 8.98. The number of fused-ring (bicyclic) bond motifs is 1. The molecular formula is C17H15NOSe. The van der Waals surface area contributed by atoms with E-state index in [1.54, 1.807) is 0 Å². The molecule has 1 atom stereocenters. The normalized spacial score (nSPS) is 20.0. The van der Waals surface area contributed by atoms with Crippen LogP contribution in [0.2, 0.25) is 5.32 Å². The first-order valence-electron chi connectivity index (χ1n) is 6.59. The Morgan fingerprint density at radius 3 is 2.70 bits per heavy atom. The summed E-state index contributed by atoms with van der Waals surface area (Å²) in [6.07, 6.45) is 0.859. The Morgan fingerprint density at radius 1 is 1.20 bits per heavy atom. The number of para-hydroxylation sites is 1. The van der Waals surface area contributed by atoms with Crippen molar-refractivity contribution < 1.29 is 4.74 Å². The average molecular weight is 328 g/mol. The fourth-order valence-corrected chi connectivity index (χ4v) is 4.07. The second-order valence-corrected chi connectivity index (χ2v) is 6.68. The van der Waals surface area contributed by atoms with Crippen LogP contribution in [-0.2, 0) is 12.0 Å². The number of nitrogens with zero attached hydrogens (tertiary/aromatic N) is 1. The molecule has 0 saturated heterocycles. The molecule has 0 aliphatic carbocycles. The zero-order valence-electron chi connectivity index (χ0n) is 11.3. The van der Waals surface area contributed by atoms with Crippen molar-refractivity contribution in [3.8, 4) is 10.7 Å². The molecule has 0 bridgehead atoms. The van der Waals surface area contributed by atoms with Gasteiger partial charge in [-0.05, 0) is 0 Å². The van der Waals surface area contributed by atoms with E-state index in [1.165, 1.54) is 16.7 Å². The van der Waals surface area contributed by atoms with Gasteiger partial charge in [0, 0.05) is 0 Å². The summed E-state index contributed by atoms with van der Waals surface area (Å²) in [4.78, 5) is 2.31. The van der Waals surface area contributed by atoms with E-state index < -0.39 is 0 Å². The van der Waals surface area contributed by atoms with Crippen LogP contribution in [0, 0.1) is 17.2 Å². The summed E-state index contributed by atoms with van der Waals surface area (Å²) in [5.74, 6) is 1.00. The summed E-state index contributed by atoms with van der Waals surface area (Å²) < 4.78 is 6.38. The number of rotatable bonds is 3. The van der Waals surface area contributed by atoms with Crippen LogP contribution in [0.5, 0.6) is 5.75 Å². The van der Waals surface area contributed by atoms with Crippen LogP contribution in [0.1, 0.15) is 16.7 Å². The SMILES string of the molecule is Cc1cccc2c1O[C@](C[Se]C#N)(c1ccccc1)C2. The van der Waals surface area contributed by atoms with Gasteiger partial charge in [-0.1, -0.05) is 0 Å². The molecule has 0 spiro atoms. The van der Waals surface area contributed by atoms with Gasteiger partial charge < -0.3 is 0 Å². The van der Waals surface area contributed by atoms with Crippen LogP contribution in [0.4, 0.5) is 0 Å². The van der Waals surface area contributed by atoms with Gasteiger partial charge in [0.25, 0.3) is 0 Å². The molecule has 3 rings (SSSR count). The van der Waals surface area contributed by atoms with Crippen molar-refractivity contribution in [2.24, 2.45) is 0 Å². The van der Waals surface area contributed by atoms with Crippen LogP contribution in [0.25, 0.3) is 0 Å². The molecule has 2 aromatic rings. The van der Waals surface area contributed by atoms with Gasteiger partial charge in [-0.2, -0.15) is 0 Å². The van der Waals surface area contributed by atoms with E-state index >= 15 is 0 Å². The van der Waals surface area contributed by atoms with E-state index in [1.807, 2.05) is 18.2 Å². The van der Waals surface area contributed by atoms with Crippen molar-refractivity contribution in [1.29, 1.82) is 5.26 Å². The number of hydrogen-bond acceptors (Lipinski definition) is 2. The van der Waals surface area contributed by atoms with Crippen LogP contribution in [-0.4, -0.2) is 15.0 Å². The molecule has 0 unspecified atom stereocenters. The second kappa shape index (κ2) is 5.32. The average Bonchev–Trinajstić information content (AvgIpc) is 2.88. The van der Waals surface area contributed by atoms with Gasteiger partial charge >= 0.3 is 125 Å². The first-order chi connectivity index (χ1) is 9.75. The fourth-order valence-electron chi connectivity index (χ4n) is 2.75. The Hall–Kier alpha value is -1.75. The summed E-state index contributed by atoms with van der Waals surface area (Å²) in [5.41, 5.74) is 3.24. The first-order valence-corrected chi connectivity index (χ1v) is 8.66. The molecule has 0 N–H and O–H groups in total. The van der Waals surface area contributed by atoms with Gasteiger partial charge in [0.15, 0.2) is 0 Å². The van der Waals surface area contributed by atoms with E-state index in [0.717, 1.165) is 17.5 Å². The molecular weight excluding hydrogens is 313 g/mol. The summed E-state index contributed by atoms with van der Waals surface area (Å²) in [6.45, 7) is 2.08.